The van der Waals surface area contributed by atoms with Gasteiger partial charge in [-0.15, -0.1) is 0 Å². The zero-order valence-electron chi connectivity index (χ0n) is 10.2. The number of carbonyl (C=O) groups is 1. The number of aromatic nitrogens is 5. The number of nitrogens with two attached hydrogens (primary N) is 2. The van der Waals surface area contributed by atoms with E-state index >= 15 is 0 Å². The molecule has 2 aromatic rings. The number of nitrogen functional groups attached to an aromatic ring is 1. The number of carbonyl (C=O) groups excluding carboxylic acids is 1. The topological polar surface area (TPSA) is 141 Å². The third-order valence-electron chi connectivity index (χ3n) is 2.21. The predicted octanol–water partition coefficient (Wildman–Crippen LogP) is -1.74. The lowest BCUT2D eigenvalue weighted by atomic mass is 10.5. The lowest BCUT2D eigenvalue weighted by molar-refractivity contribution is -0.116. The van der Waals surface area contributed by atoms with Gasteiger partial charge in [-0.05, 0) is 0 Å². The van der Waals surface area contributed by atoms with Crippen molar-refractivity contribution in [2.24, 2.45) is 11.6 Å². The van der Waals surface area contributed by atoms with E-state index in [1.165, 1.54) is 11.2 Å². The molecule has 100 valence electrons. The maximum Gasteiger partial charge on any atom is 0.243 e. The number of primary amides is 1. The van der Waals surface area contributed by atoms with Crippen LogP contribution in [0, 0.1) is 0 Å². The lowest BCUT2D eigenvalue weighted by Gasteiger charge is -2.16. The Balaban J connectivity index is 2.38. The molecule has 0 spiro atoms. The van der Waals surface area contributed by atoms with E-state index in [0.29, 0.717) is 5.95 Å². The Bertz CT molecular complexity index is 567. The molecule has 0 atom stereocenters. The Morgan fingerprint density at radius 1 is 1.47 bits per heavy atom. The highest BCUT2D eigenvalue weighted by atomic mass is 16.1. The van der Waals surface area contributed by atoms with E-state index in [2.05, 4.69) is 25.4 Å². The second-order valence-corrected chi connectivity index (χ2v) is 3.70. The SMILES string of the molecule is CN(CC(N)=O)c1nc(NN)nc(-n2ccnc2)n1. The van der Waals surface area contributed by atoms with Crippen LogP contribution in [0.25, 0.3) is 5.95 Å². The van der Waals surface area contributed by atoms with Crippen molar-refractivity contribution in [2.75, 3.05) is 23.9 Å². The van der Waals surface area contributed by atoms with Gasteiger partial charge in [0.25, 0.3) is 0 Å². The summed E-state index contributed by atoms with van der Waals surface area (Å²) in [6, 6.07) is 0. The first kappa shape index (κ1) is 12.7. The molecule has 0 aliphatic heterocycles. The number of imidazole rings is 1. The molecule has 2 heterocycles. The Labute approximate surface area is 108 Å². The first-order valence-corrected chi connectivity index (χ1v) is 5.30. The fourth-order valence-electron chi connectivity index (χ4n) is 1.39. The smallest absolute Gasteiger partial charge is 0.243 e. The molecule has 0 radical (unpaired) electrons. The Hall–Kier alpha value is -2.75. The molecule has 5 N–H and O–H groups in total. The second kappa shape index (κ2) is 5.27. The fraction of sp³-hybridized carbons (Fsp3) is 0.222. The van der Waals surface area contributed by atoms with E-state index in [9.17, 15) is 4.79 Å². The van der Waals surface area contributed by atoms with Crippen molar-refractivity contribution in [2.45, 2.75) is 0 Å². The number of hydrogen-bond acceptors (Lipinski definition) is 8. The van der Waals surface area contributed by atoms with Crippen LogP contribution in [0.3, 0.4) is 0 Å². The fourth-order valence-corrected chi connectivity index (χ4v) is 1.39. The monoisotopic (exact) mass is 263 g/mol. The zero-order valence-corrected chi connectivity index (χ0v) is 10.2. The van der Waals surface area contributed by atoms with Gasteiger partial charge >= 0.3 is 0 Å². The van der Waals surface area contributed by atoms with Gasteiger partial charge in [0.2, 0.25) is 23.8 Å². The predicted molar refractivity (Wildman–Crippen MR) is 67.2 cm³/mol. The second-order valence-electron chi connectivity index (χ2n) is 3.70. The Kier molecular flexibility index (Phi) is 3.52. The summed E-state index contributed by atoms with van der Waals surface area (Å²) in [5.74, 6) is 5.58. The molecular weight excluding hydrogens is 250 g/mol. The summed E-state index contributed by atoms with van der Waals surface area (Å²) in [5.41, 5.74) is 7.47. The van der Waals surface area contributed by atoms with Crippen LogP contribution in [0.1, 0.15) is 0 Å². The van der Waals surface area contributed by atoms with Gasteiger partial charge in [0.15, 0.2) is 0 Å². The van der Waals surface area contributed by atoms with Gasteiger partial charge in [0.1, 0.15) is 6.33 Å². The van der Waals surface area contributed by atoms with Crippen LogP contribution in [0.5, 0.6) is 0 Å². The highest BCUT2D eigenvalue weighted by Crippen LogP contribution is 2.11. The molecule has 0 saturated carbocycles. The number of rotatable bonds is 5. The third kappa shape index (κ3) is 2.93. The quantitative estimate of drug-likeness (QED) is 0.426. The molecule has 2 rings (SSSR count). The maximum atomic E-state index is 10.9. The van der Waals surface area contributed by atoms with Crippen molar-refractivity contribution >= 4 is 17.8 Å². The van der Waals surface area contributed by atoms with Gasteiger partial charge in [-0.3, -0.25) is 14.8 Å². The average Bonchev–Trinajstić information content (AvgIpc) is 2.91. The molecule has 10 heteroatoms. The van der Waals surface area contributed by atoms with Gasteiger partial charge in [-0.2, -0.15) is 15.0 Å². The summed E-state index contributed by atoms with van der Waals surface area (Å²) in [6.07, 6.45) is 4.80. The van der Waals surface area contributed by atoms with Gasteiger partial charge in [0, 0.05) is 19.4 Å². The molecule has 0 aliphatic carbocycles. The summed E-state index contributed by atoms with van der Waals surface area (Å²) in [5, 5.41) is 0. The van der Waals surface area contributed by atoms with Gasteiger partial charge in [-0.25, -0.2) is 10.8 Å². The molecule has 0 fully saturated rings. The summed E-state index contributed by atoms with van der Waals surface area (Å²) < 4.78 is 1.59. The van der Waals surface area contributed by atoms with Gasteiger partial charge in [-0.1, -0.05) is 0 Å². The van der Waals surface area contributed by atoms with Crippen LogP contribution in [0.15, 0.2) is 18.7 Å². The summed E-state index contributed by atoms with van der Waals surface area (Å²) in [6.45, 7) is -0.0165. The molecular formula is C9H13N9O. The molecule has 0 aromatic carbocycles. The van der Waals surface area contributed by atoms with E-state index in [4.69, 9.17) is 11.6 Å². The van der Waals surface area contributed by atoms with Crippen molar-refractivity contribution in [1.82, 2.24) is 24.5 Å². The van der Waals surface area contributed by atoms with E-state index in [0.717, 1.165) is 0 Å². The summed E-state index contributed by atoms with van der Waals surface area (Å²) in [4.78, 5) is 28.6. The standard InChI is InChI=1S/C9H13N9O/c1-17(4-6(10)19)8-13-7(16-11)14-9(15-8)18-3-2-12-5-18/h2-3,5H,4,11H2,1H3,(H2,10,19)(H,13,14,15,16). The highest BCUT2D eigenvalue weighted by Gasteiger charge is 2.12. The van der Waals surface area contributed by atoms with Crippen LogP contribution in [-0.4, -0.2) is 44.0 Å². The third-order valence-corrected chi connectivity index (χ3v) is 2.21. The molecule has 10 nitrogen and oxygen atoms in total. The number of anilines is 2. The molecule has 2 aromatic heterocycles. The van der Waals surface area contributed by atoms with E-state index in [1.54, 1.807) is 24.0 Å². The van der Waals surface area contributed by atoms with Crippen molar-refractivity contribution in [3.05, 3.63) is 18.7 Å². The van der Waals surface area contributed by atoms with Crippen LogP contribution in [-0.2, 0) is 4.79 Å². The van der Waals surface area contributed by atoms with Crippen molar-refractivity contribution in [1.29, 1.82) is 0 Å². The first-order valence-electron chi connectivity index (χ1n) is 5.30. The molecule has 0 unspecified atom stereocenters. The number of amides is 1. The molecule has 0 saturated heterocycles. The highest BCUT2D eigenvalue weighted by molar-refractivity contribution is 5.78. The van der Waals surface area contributed by atoms with E-state index in [1.807, 2.05) is 0 Å². The van der Waals surface area contributed by atoms with Crippen molar-refractivity contribution in [3.8, 4) is 5.95 Å². The van der Waals surface area contributed by atoms with E-state index in [-0.39, 0.29) is 18.4 Å². The van der Waals surface area contributed by atoms with Crippen LogP contribution >= 0.6 is 0 Å². The molecule has 0 bridgehead atoms. The minimum Gasteiger partial charge on any atom is -0.368 e. The number of likely N-dealkylation sites (N-methyl/N-ethyl adjacent to an activating group) is 1. The summed E-state index contributed by atoms with van der Waals surface area (Å²) in [7, 11) is 1.64. The Morgan fingerprint density at radius 2 is 2.26 bits per heavy atom. The van der Waals surface area contributed by atoms with Gasteiger partial charge in [0.05, 0.1) is 6.54 Å². The lowest BCUT2D eigenvalue weighted by Crippen LogP contribution is -2.32. The zero-order chi connectivity index (χ0) is 13.8. The average molecular weight is 263 g/mol. The minimum atomic E-state index is -0.491. The molecule has 1 amide bonds. The maximum absolute atomic E-state index is 10.9. The van der Waals surface area contributed by atoms with Crippen molar-refractivity contribution < 1.29 is 4.79 Å². The van der Waals surface area contributed by atoms with Crippen LogP contribution < -0.4 is 21.9 Å². The van der Waals surface area contributed by atoms with E-state index < -0.39 is 5.91 Å². The number of hydrazine groups is 1. The van der Waals surface area contributed by atoms with Crippen molar-refractivity contribution in [3.63, 3.8) is 0 Å². The Morgan fingerprint density at radius 3 is 2.84 bits per heavy atom. The number of nitrogens with one attached hydrogen (secondary N) is 1. The normalized spacial score (nSPS) is 10.2. The van der Waals surface area contributed by atoms with Crippen LogP contribution in [0.4, 0.5) is 11.9 Å². The van der Waals surface area contributed by atoms with Gasteiger partial charge < -0.3 is 10.6 Å². The molecule has 19 heavy (non-hydrogen) atoms. The largest absolute Gasteiger partial charge is 0.368 e. The number of hydrogen-bond donors (Lipinski definition) is 3. The summed E-state index contributed by atoms with van der Waals surface area (Å²) >= 11 is 0. The first-order chi connectivity index (χ1) is 9.10. The van der Waals surface area contributed by atoms with Crippen LogP contribution in [0.2, 0.25) is 0 Å². The number of nitrogens with zero attached hydrogens (tertiary/aromatic N) is 6. The minimum absolute atomic E-state index is 0.0165. The molecule has 0 aliphatic rings.